The Morgan fingerprint density at radius 3 is 2.25 bits per heavy atom. The van der Waals surface area contributed by atoms with Crippen molar-refractivity contribution < 1.29 is 31.1 Å². The highest BCUT2D eigenvalue weighted by molar-refractivity contribution is 8.00. The van der Waals surface area contributed by atoms with Crippen LogP contribution in [0.5, 0.6) is 0 Å². The molecule has 0 spiro atoms. The van der Waals surface area contributed by atoms with E-state index in [9.17, 15) is 26.4 Å². The van der Waals surface area contributed by atoms with Crippen LogP contribution in [0.15, 0.2) is 34.1 Å². The van der Waals surface area contributed by atoms with E-state index in [-0.39, 0.29) is 34.7 Å². The minimum atomic E-state index is -4.45. The fourth-order valence-electron chi connectivity index (χ4n) is 1.85. The molecule has 0 N–H and O–H groups in total. The molecule has 0 atom stereocenters. The highest BCUT2D eigenvalue weighted by atomic mass is 32.2. The van der Waals surface area contributed by atoms with Crippen molar-refractivity contribution in [3.63, 3.8) is 0 Å². The van der Waals surface area contributed by atoms with Crippen molar-refractivity contribution in [3.8, 4) is 0 Å². The van der Waals surface area contributed by atoms with Crippen LogP contribution in [0.3, 0.4) is 0 Å². The van der Waals surface area contributed by atoms with E-state index in [2.05, 4.69) is 0 Å². The Hall–Kier alpha value is -1.26. The largest absolute Gasteiger partial charge is 0.465 e. The predicted molar refractivity (Wildman–Crippen MR) is 84.0 cm³/mol. The van der Waals surface area contributed by atoms with Gasteiger partial charge in [-0.1, -0.05) is 6.92 Å². The van der Waals surface area contributed by atoms with Gasteiger partial charge in [-0.05, 0) is 49.4 Å². The number of esters is 1. The van der Waals surface area contributed by atoms with E-state index in [1.54, 1.807) is 13.8 Å². The van der Waals surface area contributed by atoms with Gasteiger partial charge in [-0.25, -0.2) is 8.42 Å². The molecule has 0 aliphatic rings. The molecule has 1 aromatic carbocycles. The van der Waals surface area contributed by atoms with E-state index in [4.69, 9.17) is 4.74 Å². The summed E-state index contributed by atoms with van der Waals surface area (Å²) in [5.41, 5.74) is -4.45. The quantitative estimate of drug-likeness (QED) is 0.508. The second-order valence-electron chi connectivity index (χ2n) is 4.66. The summed E-state index contributed by atoms with van der Waals surface area (Å²) in [7, 11) is -4.00. The van der Waals surface area contributed by atoms with Gasteiger partial charge in [-0.15, -0.1) is 0 Å². The number of halogens is 3. The third-order valence-electron chi connectivity index (χ3n) is 2.78. The molecule has 0 fully saturated rings. The fourth-order valence-corrected chi connectivity index (χ4v) is 3.86. The van der Waals surface area contributed by atoms with Crippen LogP contribution < -0.4 is 0 Å². The molecule has 0 aliphatic heterocycles. The number of benzene rings is 1. The highest BCUT2D eigenvalue weighted by Crippen LogP contribution is 2.37. The summed E-state index contributed by atoms with van der Waals surface area (Å²) in [6.45, 7) is 3.13. The Morgan fingerprint density at radius 2 is 1.79 bits per heavy atom. The first-order valence-corrected chi connectivity index (χ1v) is 9.37. The topological polar surface area (TPSA) is 63.7 Å². The van der Waals surface area contributed by atoms with Gasteiger partial charge in [-0.3, -0.25) is 4.79 Å². The molecule has 0 bridgehead atoms. The molecule has 0 saturated heterocycles. The van der Waals surface area contributed by atoms with Gasteiger partial charge >= 0.3 is 11.5 Å². The molecule has 0 saturated carbocycles. The van der Waals surface area contributed by atoms with Gasteiger partial charge in [0.25, 0.3) is 0 Å². The summed E-state index contributed by atoms with van der Waals surface area (Å²) in [4.78, 5) is 11.3. The van der Waals surface area contributed by atoms with Gasteiger partial charge in [0, 0.05) is 11.4 Å². The molecule has 24 heavy (non-hydrogen) atoms. The summed E-state index contributed by atoms with van der Waals surface area (Å²) >= 11 is -0.327. The second kappa shape index (κ2) is 8.72. The van der Waals surface area contributed by atoms with Crippen molar-refractivity contribution in [2.45, 2.75) is 35.6 Å². The minimum absolute atomic E-state index is 0.0974. The van der Waals surface area contributed by atoms with Crippen molar-refractivity contribution in [3.05, 3.63) is 24.3 Å². The lowest BCUT2D eigenvalue weighted by Gasteiger charge is -2.20. The van der Waals surface area contributed by atoms with Gasteiger partial charge in [0.1, 0.15) is 6.54 Å². The average Bonchev–Trinajstić information content (AvgIpc) is 2.46. The first kappa shape index (κ1) is 20.8. The van der Waals surface area contributed by atoms with Gasteiger partial charge < -0.3 is 4.74 Å². The monoisotopic (exact) mass is 385 g/mol. The summed E-state index contributed by atoms with van der Waals surface area (Å²) in [6, 6.07) is 4.35. The van der Waals surface area contributed by atoms with Crippen LogP contribution in [0.4, 0.5) is 13.2 Å². The lowest BCUT2D eigenvalue weighted by atomic mass is 10.4. The maximum absolute atomic E-state index is 12.5. The molecule has 0 heterocycles. The lowest BCUT2D eigenvalue weighted by Crippen LogP contribution is -2.37. The Bertz CT molecular complexity index is 645. The van der Waals surface area contributed by atoms with E-state index >= 15 is 0 Å². The third-order valence-corrected chi connectivity index (χ3v) is 5.38. The fraction of sp³-hybridized carbons (Fsp3) is 0.500. The van der Waals surface area contributed by atoms with Gasteiger partial charge in [-0.2, -0.15) is 17.5 Å². The molecular formula is C14H18F3NO4S2. The Balaban J connectivity index is 3.00. The second-order valence-corrected chi connectivity index (χ2v) is 7.74. The Kier molecular flexibility index (Phi) is 7.56. The Morgan fingerprint density at radius 1 is 1.21 bits per heavy atom. The zero-order chi connectivity index (χ0) is 18.4. The lowest BCUT2D eigenvalue weighted by molar-refractivity contribution is -0.143. The summed E-state index contributed by atoms with van der Waals surface area (Å²) in [5, 5.41) is 0. The zero-order valence-electron chi connectivity index (χ0n) is 13.2. The van der Waals surface area contributed by atoms with Gasteiger partial charge in [0.05, 0.1) is 11.5 Å². The molecule has 10 heteroatoms. The number of alkyl halides is 3. The number of hydrogen-bond acceptors (Lipinski definition) is 5. The average molecular weight is 385 g/mol. The Labute approximate surface area is 143 Å². The van der Waals surface area contributed by atoms with Crippen molar-refractivity contribution >= 4 is 27.8 Å². The van der Waals surface area contributed by atoms with Crippen LogP contribution >= 0.6 is 11.8 Å². The number of carbonyl (C=O) groups is 1. The molecule has 0 unspecified atom stereocenters. The molecule has 0 aromatic heterocycles. The van der Waals surface area contributed by atoms with Crippen LogP contribution in [0.1, 0.15) is 20.3 Å². The zero-order valence-corrected chi connectivity index (χ0v) is 14.8. The molecule has 5 nitrogen and oxygen atoms in total. The normalized spacial score (nSPS) is 12.4. The van der Waals surface area contributed by atoms with Crippen molar-refractivity contribution in [2.24, 2.45) is 0 Å². The molecular weight excluding hydrogens is 367 g/mol. The van der Waals surface area contributed by atoms with Crippen molar-refractivity contribution in [1.29, 1.82) is 0 Å². The van der Waals surface area contributed by atoms with Crippen LogP contribution in [0.2, 0.25) is 0 Å². The summed E-state index contributed by atoms with van der Waals surface area (Å²) in [6.07, 6.45) is 0.473. The molecule has 1 rings (SSSR count). The van der Waals surface area contributed by atoms with E-state index in [0.29, 0.717) is 6.42 Å². The van der Waals surface area contributed by atoms with E-state index in [1.807, 2.05) is 0 Å². The third kappa shape index (κ3) is 6.33. The molecule has 0 aliphatic carbocycles. The smallest absolute Gasteiger partial charge is 0.446 e. The van der Waals surface area contributed by atoms with Crippen LogP contribution in [-0.2, 0) is 19.6 Å². The molecule has 1 aromatic rings. The van der Waals surface area contributed by atoms with Crippen molar-refractivity contribution in [2.75, 3.05) is 19.7 Å². The van der Waals surface area contributed by atoms with E-state index in [1.165, 1.54) is 0 Å². The number of hydrogen-bond donors (Lipinski definition) is 0. The first-order valence-electron chi connectivity index (χ1n) is 7.11. The number of thioether (sulfide) groups is 1. The molecule has 0 amide bonds. The highest BCUT2D eigenvalue weighted by Gasteiger charge is 2.30. The van der Waals surface area contributed by atoms with Crippen LogP contribution in [0, 0.1) is 0 Å². The standard InChI is InChI=1S/C14H18F3NO4S2/c1-3-9-18(10-13(19)22-4-2)24(20,21)12-7-5-11(6-8-12)23-14(15,16)17/h5-8H,3-4,9-10H2,1-2H3. The van der Waals surface area contributed by atoms with E-state index in [0.717, 1.165) is 28.6 Å². The summed E-state index contributed by atoms with van der Waals surface area (Å²) < 4.78 is 67.7. The number of nitrogens with zero attached hydrogens (tertiary/aromatic N) is 1. The number of rotatable bonds is 8. The minimum Gasteiger partial charge on any atom is -0.465 e. The first-order chi connectivity index (χ1) is 11.1. The predicted octanol–water partition coefficient (Wildman–Crippen LogP) is 3.26. The number of carbonyl (C=O) groups excluding carboxylic acids is 1. The van der Waals surface area contributed by atoms with Crippen LogP contribution in [-0.4, -0.2) is 43.9 Å². The number of sulfonamides is 1. The SMILES string of the molecule is CCCN(CC(=O)OCC)S(=O)(=O)c1ccc(SC(F)(F)F)cc1. The van der Waals surface area contributed by atoms with Gasteiger partial charge in [0.2, 0.25) is 10.0 Å². The van der Waals surface area contributed by atoms with Crippen molar-refractivity contribution in [1.82, 2.24) is 4.31 Å². The van der Waals surface area contributed by atoms with Crippen LogP contribution in [0.25, 0.3) is 0 Å². The van der Waals surface area contributed by atoms with E-state index < -0.39 is 28.0 Å². The number of ether oxygens (including phenoxy) is 1. The van der Waals surface area contributed by atoms with Gasteiger partial charge in [0.15, 0.2) is 0 Å². The maximum Gasteiger partial charge on any atom is 0.446 e. The molecule has 0 radical (unpaired) electrons. The maximum atomic E-state index is 12.5. The molecule has 136 valence electrons. The summed E-state index contributed by atoms with van der Waals surface area (Å²) in [5.74, 6) is -0.682.